The van der Waals surface area contributed by atoms with Crippen molar-refractivity contribution in [1.29, 1.82) is 0 Å². The number of benzene rings is 1. The van der Waals surface area contributed by atoms with E-state index in [1.54, 1.807) is 6.08 Å². The lowest BCUT2D eigenvalue weighted by Crippen LogP contribution is -2.35. The smallest absolute Gasteiger partial charge is 0.250 e. The van der Waals surface area contributed by atoms with Gasteiger partial charge in [-0.25, -0.2) is 0 Å². The third kappa shape index (κ3) is 3.58. The number of primary amides is 1. The van der Waals surface area contributed by atoms with Gasteiger partial charge in [0.15, 0.2) is 0 Å². The van der Waals surface area contributed by atoms with Gasteiger partial charge in [0.05, 0.1) is 16.6 Å². The number of rotatable bonds is 5. The molecule has 0 saturated heterocycles. The quantitative estimate of drug-likeness (QED) is 0.701. The molecule has 18 heavy (non-hydrogen) atoms. The van der Waals surface area contributed by atoms with Gasteiger partial charge >= 0.3 is 0 Å². The molecule has 0 spiro atoms. The average Bonchev–Trinajstić information content (AvgIpc) is 2.28. The van der Waals surface area contributed by atoms with E-state index in [4.69, 9.17) is 23.1 Å². The lowest BCUT2D eigenvalue weighted by molar-refractivity contribution is -0.117. The van der Waals surface area contributed by atoms with E-state index < -0.39 is 11.9 Å². The van der Waals surface area contributed by atoms with E-state index in [9.17, 15) is 9.59 Å². The van der Waals surface area contributed by atoms with Gasteiger partial charge in [-0.3, -0.25) is 9.59 Å². The van der Waals surface area contributed by atoms with Crippen LogP contribution in [0, 0.1) is 0 Å². The highest BCUT2D eigenvalue weighted by Crippen LogP contribution is 2.20. The van der Waals surface area contributed by atoms with Crippen molar-refractivity contribution in [3.63, 3.8) is 0 Å². The van der Waals surface area contributed by atoms with Crippen molar-refractivity contribution < 1.29 is 9.59 Å². The van der Waals surface area contributed by atoms with Crippen LogP contribution in [-0.4, -0.2) is 17.9 Å². The summed E-state index contributed by atoms with van der Waals surface area (Å²) in [6, 6.07) is 3.75. The molecule has 0 bridgehead atoms. The van der Waals surface area contributed by atoms with Crippen LogP contribution in [0.1, 0.15) is 16.8 Å². The fourth-order valence-corrected chi connectivity index (χ4v) is 1.59. The van der Waals surface area contributed by atoms with Crippen LogP contribution in [0.4, 0.5) is 5.69 Å². The number of anilines is 1. The summed E-state index contributed by atoms with van der Waals surface area (Å²) in [5.41, 5.74) is 11.4. The molecule has 1 aromatic rings. The Balaban J connectivity index is 2.80. The number of hydrogen-bond donors (Lipinski definition) is 3. The maximum atomic E-state index is 11.6. The molecule has 0 aliphatic heterocycles. The predicted molar refractivity (Wildman–Crippen MR) is 71.4 cm³/mol. The molecule has 0 radical (unpaired) electrons. The lowest BCUT2D eigenvalue weighted by atomic mass is 10.1. The minimum Gasteiger partial charge on any atom is -0.366 e. The van der Waals surface area contributed by atoms with Crippen LogP contribution >= 0.6 is 11.6 Å². The van der Waals surface area contributed by atoms with Gasteiger partial charge in [0, 0.05) is 5.69 Å². The number of carbonyl (C=O) groups excluding carboxylic acids is 2. The standard InChI is InChI=1S/C12H14ClN3O2/c1-2-3-10(14)12(18)16-7-4-5-8(11(15)17)9(13)6-7/h2,4-6,10H,1,3,14H2,(H2,15,17)(H,16,18). The Morgan fingerprint density at radius 2 is 2.17 bits per heavy atom. The van der Waals surface area contributed by atoms with Crippen molar-refractivity contribution in [3.05, 3.63) is 41.4 Å². The zero-order chi connectivity index (χ0) is 13.7. The Hall–Kier alpha value is -1.85. The van der Waals surface area contributed by atoms with E-state index >= 15 is 0 Å². The van der Waals surface area contributed by atoms with Crippen LogP contribution in [0.25, 0.3) is 0 Å². The summed E-state index contributed by atoms with van der Waals surface area (Å²) >= 11 is 5.85. The summed E-state index contributed by atoms with van der Waals surface area (Å²) < 4.78 is 0. The normalized spacial score (nSPS) is 11.7. The van der Waals surface area contributed by atoms with E-state index in [1.807, 2.05) is 0 Å². The molecule has 0 aliphatic rings. The minimum absolute atomic E-state index is 0.178. The zero-order valence-corrected chi connectivity index (χ0v) is 10.4. The SMILES string of the molecule is C=CCC(N)C(=O)Nc1ccc(C(N)=O)c(Cl)c1. The molecule has 1 aromatic carbocycles. The fraction of sp³-hybridized carbons (Fsp3) is 0.167. The molecule has 0 fully saturated rings. The second-order valence-electron chi connectivity index (χ2n) is 3.68. The maximum absolute atomic E-state index is 11.6. The molecule has 1 atom stereocenters. The molecule has 5 N–H and O–H groups in total. The first-order valence-corrected chi connectivity index (χ1v) is 5.60. The number of carbonyl (C=O) groups is 2. The molecule has 0 aliphatic carbocycles. The minimum atomic E-state index is -0.669. The van der Waals surface area contributed by atoms with Crippen LogP contribution in [0.5, 0.6) is 0 Å². The van der Waals surface area contributed by atoms with Crippen LogP contribution in [-0.2, 0) is 4.79 Å². The number of nitrogens with two attached hydrogens (primary N) is 2. The van der Waals surface area contributed by atoms with E-state index in [2.05, 4.69) is 11.9 Å². The van der Waals surface area contributed by atoms with Crippen molar-refractivity contribution in [2.24, 2.45) is 11.5 Å². The summed E-state index contributed by atoms with van der Waals surface area (Å²) in [5.74, 6) is -0.973. The first-order valence-electron chi connectivity index (χ1n) is 5.22. The predicted octanol–water partition coefficient (Wildman–Crippen LogP) is 1.28. The van der Waals surface area contributed by atoms with Crippen molar-refractivity contribution in [2.45, 2.75) is 12.5 Å². The topological polar surface area (TPSA) is 98.2 Å². The third-order valence-electron chi connectivity index (χ3n) is 2.26. The summed E-state index contributed by atoms with van der Waals surface area (Å²) in [4.78, 5) is 22.6. The van der Waals surface area contributed by atoms with Gasteiger partial charge in [-0.15, -0.1) is 6.58 Å². The first-order chi connectivity index (χ1) is 8.45. The Labute approximate surface area is 110 Å². The Bertz CT molecular complexity index is 488. The number of amides is 2. The highest BCUT2D eigenvalue weighted by atomic mass is 35.5. The van der Waals surface area contributed by atoms with E-state index in [-0.39, 0.29) is 16.5 Å². The summed E-state index contributed by atoms with van der Waals surface area (Å²) in [6.45, 7) is 3.50. The molecule has 0 saturated carbocycles. The van der Waals surface area contributed by atoms with Crippen LogP contribution in [0.15, 0.2) is 30.9 Å². The van der Waals surface area contributed by atoms with Gasteiger partial charge in [0.2, 0.25) is 11.8 Å². The molecule has 1 unspecified atom stereocenters. The number of halogens is 1. The van der Waals surface area contributed by atoms with Crippen LogP contribution in [0.3, 0.4) is 0 Å². The molecule has 1 rings (SSSR count). The Kier molecular flexibility index (Phi) is 4.88. The highest BCUT2D eigenvalue weighted by molar-refractivity contribution is 6.34. The number of hydrogen-bond acceptors (Lipinski definition) is 3. The molecule has 5 nitrogen and oxygen atoms in total. The van der Waals surface area contributed by atoms with Crippen molar-refractivity contribution in [3.8, 4) is 0 Å². The molecule has 0 heterocycles. The largest absolute Gasteiger partial charge is 0.366 e. The average molecular weight is 268 g/mol. The maximum Gasteiger partial charge on any atom is 0.250 e. The highest BCUT2D eigenvalue weighted by Gasteiger charge is 2.13. The van der Waals surface area contributed by atoms with Crippen molar-refractivity contribution in [1.82, 2.24) is 0 Å². The zero-order valence-electron chi connectivity index (χ0n) is 9.65. The van der Waals surface area contributed by atoms with Gasteiger partial charge < -0.3 is 16.8 Å². The molecule has 96 valence electrons. The number of nitrogens with one attached hydrogen (secondary N) is 1. The Morgan fingerprint density at radius 3 is 2.67 bits per heavy atom. The molecule has 6 heteroatoms. The second-order valence-corrected chi connectivity index (χ2v) is 4.09. The van der Waals surface area contributed by atoms with Gasteiger partial charge in [-0.1, -0.05) is 17.7 Å². The lowest BCUT2D eigenvalue weighted by Gasteiger charge is -2.11. The van der Waals surface area contributed by atoms with Crippen LogP contribution < -0.4 is 16.8 Å². The van der Waals surface area contributed by atoms with E-state index in [1.165, 1.54) is 18.2 Å². The van der Waals surface area contributed by atoms with Gasteiger partial charge in [-0.2, -0.15) is 0 Å². The van der Waals surface area contributed by atoms with E-state index in [0.717, 1.165) is 0 Å². The first kappa shape index (κ1) is 14.2. The summed E-state index contributed by atoms with van der Waals surface area (Å²) in [5, 5.41) is 2.76. The van der Waals surface area contributed by atoms with Gasteiger partial charge in [0.1, 0.15) is 0 Å². The molecule has 2 amide bonds. The second kappa shape index (κ2) is 6.18. The Morgan fingerprint density at radius 1 is 1.50 bits per heavy atom. The van der Waals surface area contributed by atoms with Gasteiger partial charge in [0.25, 0.3) is 0 Å². The summed E-state index contributed by atoms with van der Waals surface area (Å²) in [7, 11) is 0. The molecular formula is C12H14ClN3O2. The monoisotopic (exact) mass is 267 g/mol. The summed E-state index contributed by atoms with van der Waals surface area (Å²) in [6.07, 6.45) is 1.94. The third-order valence-corrected chi connectivity index (χ3v) is 2.57. The van der Waals surface area contributed by atoms with Crippen molar-refractivity contribution >= 4 is 29.1 Å². The van der Waals surface area contributed by atoms with E-state index in [0.29, 0.717) is 12.1 Å². The van der Waals surface area contributed by atoms with Crippen LogP contribution in [0.2, 0.25) is 5.02 Å². The molecular weight excluding hydrogens is 254 g/mol. The van der Waals surface area contributed by atoms with Gasteiger partial charge in [-0.05, 0) is 24.6 Å². The van der Waals surface area contributed by atoms with Crippen molar-refractivity contribution in [2.75, 3.05) is 5.32 Å². The fourth-order valence-electron chi connectivity index (χ4n) is 1.31. The molecule has 0 aromatic heterocycles.